The van der Waals surface area contributed by atoms with Crippen LogP contribution in [0.15, 0.2) is 60.7 Å². The van der Waals surface area contributed by atoms with E-state index in [0.29, 0.717) is 17.6 Å². The van der Waals surface area contributed by atoms with Crippen molar-refractivity contribution in [3.05, 3.63) is 83.4 Å². The Morgan fingerprint density at radius 2 is 1.77 bits per heavy atom. The van der Waals surface area contributed by atoms with Gasteiger partial charge in [-0.05, 0) is 78.3 Å². The molecule has 4 heteroatoms. The van der Waals surface area contributed by atoms with Crippen molar-refractivity contribution in [2.24, 2.45) is 5.73 Å². The summed E-state index contributed by atoms with van der Waals surface area (Å²) in [7, 11) is 0. The number of rotatable bonds is 4. The van der Waals surface area contributed by atoms with Gasteiger partial charge in [0.1, 0.15) is 11.6 Å². The van der Waals surface area contributed by atoms with Crippen LogP contribution in [0.1, 0.15) is 30.4 Å². The average molecular weight is 405 g/mol. The van der Waals surface area contributed by atoms with Gasteiger partial charge in [-0.2, -0.15) is 0 Å². The van der Waals surface area contributed by atoms with Crippen LogP contribution < -0.4 is 5.73 Å². The van der Waals surface area contributed by atoms with Gasteiger partial charge in [-0.1, -0.05) is 36.4 Å². The van der Waals surface area contributed by atoms with E-state index in [0.717, 1.165) is 47.2 Å². The van der Waals surface area contributed by atoms with Crippen molar-refractivity contribution < 1.29 is 8.78 Å². The molecule has 0 aliphatic carbocycles. The van der Waals surface area contributed by atoms with Crippen molar-refractivity contribution >= 4 is 0 Å². The molecule has 2 saturated heterocycles. The van der Waals surface area contributed by atoms with E-state index in [9.17, 15) is 8.78 Å². The van der Waals surface area contributed by atoms with Crippen molar-refractivity contribution in [2.45, 2.75) is 50.9 Å². The van der Waals surface area contributed by atoms with Crippen LogP contribution >= 0.6 is 0 Å². The van der Waals surface area contributed by atoms with E-state index in [1.54, 1.807) is 12.1 Å². The maximum Gasteiger partial charge on any atom is 0.131 e. The van der Waals surface area contributed by atoms with Gasteiger partial charge in [-0.3, -0.25) is 4.90 Å². The third-order valence-corrected chi connectivity index (χ3v) is 6.73. The Bertz CT molecular complexity index is 1090. The Hall–Kier alpha value is -2.56. The second kappa shape index (κ2) is 7.60. The molecular weight excluding hydrogens is 378 g/mol. The van der Waals surface area contributed by atoms with Gasteiger partial charge in [-0.25, -0.2) is 8.78 Å². The number of aryl methyl sites for hydroxylation is 1. The molecule has 3 aromatic rings. The summed E-state index contributed by atoms with van der Waals surface area (Å²) < 4.78 is 28.8. The summed E-state index contributed by atoms with van der Waals surface area (Å²) >= 11 is 0. The Kier molecular flexibility index (Phi) is 4.92. The SMILES string of the molecule is Cc1ccc(-c2ccc(CN3[C@@H]4CC[C@H]3[C@@H](N)C4)cc2-c2cccc(F)c2)c(F)c1. The van der Waals surface area contributed by atoms with Gasteiger partial charge in [0.2, 0.25) is 0 Å². The zero-order valence-electron chi connectivity index (χ0n) is 17.1. The number of nitrogens with zero attached hydrogens (tertiary/aromatic N) is 1. The van der Waals surface area contributed by atoms with E-state index in [2.05, 4.69) is 17.0 Å². The minimum absolute atomic E-state index is 0.257. The Morgan fingerprint density at radius 1 is 0.933 bits per heavy atom. The van der Waals surface area contributed by atoms with Gasteiger partial charge >= 0.3 is 0 Å². The fourth-order valence-corrected chi connectivity index (χ4v) is 5.27. The lowest BCUT2D eigenvalue weighted by Gasteiger charge is -2.23. The molecule has 0 amide bonds. The summed E-state index contributed by atoms with van der Waals surface area (Å²) in [5.74, 6) is -0.555. The minimum atomic E-state index is -0.295. The molecule has 154 valence electrons. The van der Waals surface area contributed by atoms with E-state index >= 15 is 0 Å². The lowest BCUT2D eigenvalue weighted by atomic mass is 9.92. The average Bonchev–Trinajstić information content (AvgIpc) is 3.23. The molecule has 0 aromatic heterocycles. The predicted octanol–water partition coefficient (Wildman–Crippen LogP) is 5.67. The number of hydrogen-bond acceptors (Lipinski definition) is 2. The molecule has 2 aliphatic rings. The monoisotopic (exact) mass is 404 g/mol. The summed E-state index contributed by atoms with van der Waals surface area (Å²) in [6.07, 6.45) is 3.44. The van der Waals surface area contributed by atoms with Gasteiger partial charge in [-0.15, -0.1) is 0 Å². The first-order valence-electron chi connectivity index (χ1n) is 10.7. The van der Waals surface area contributed by atoms with E-state index < -0.39 is 0 Å². The van der Waals surface area contributed by atoms with Gasteiger partial charge in [0.25, 0.3) is 0 Å². The van der Waals surface area contributed by atoms with E-state index in [4.69, 9.17) is 5.73 Å². The summed E-state index contributed by atoms with van der Waals surface area (Å²) in [5.41, 5.74) is 11.3. The number of fused-ring (bicyclic) bond motifs is 2. The Balaban J connectivity index is 1.58. The van der Waals surface area contributed by atoms with Crippen LogP contribution in [0, 0.1) is 18.6 Å². The van der Waals surface area contributed by atoms with E-state index in [-0.39, 0.29) is 17.7 Å². The third-order valence-electron chi connectivity index (χ3n) is 6.73. The molecule has 2 aliphatic heterocycles. The quantitative estimate of drug-likeness (QED) is 0.607. The molecule has 3 atom stereocenters. The molecule has 30 heavy (non-hydrogen) atoms. The van der Waals surface area contributed by atoms with Crippen LogP contribution in [0.2, 0.25) is 0 Å². The highest BCUT2D eigenvalue weighted by molar-refractivity contribution is 5.84. The van der Waals surface area contributed by atoms with Crippen molar-refractivity contribution in [3.63, 3.8) is 0 Å². The Morgan fingerprint density at radius 3 is 2.47 bits per heavy atom. The molecular formula is C26H26F2N2. The predicted molar refractivity (Wildman–Crippen MR) is 117 cm³/mol. The smallest absolute Gasteiger partial charge is 0.131 e. The first-order valence-corrected chi connectivity index (χ1v) is 10.7. The molecule has 0 radical (unpaired) electrons. The normalized spacial score (nSPS) is 23.3. The van der Waals surface area contributed by atoms with Crippen molar-refractivity contribution in [2.75, 3.05) is 0 Å². The van der Waals surface area contributed by atoms with Crippen LogP contribution in [0.5, 0.6) is 0 Å². The topological polar surface area (TPSA) is 29.3 Å². The second-order valence-electron chi connectivity index (χ2n) is 8.74. The zero-order valence-corrected chi connectivity index (χ0v) is 17.1. The summed E-state index contributed by atoms with van der Waals surface area (Å²) in [6, 6.07) is 19.2. The molecule has 0 spiro atoms. The van der Waals surface area contributed by atoms with Crippen molar-refractivity contribution in [3.8, 4) is 22.3 Å². The molecule has 2 fully saturated rings. The number of nitrogens with two attached hydrogens (primary N) is 1. The van der Waals surface area contributed by atoms with E-state index in [1.807, 2.05) is 31.2 Å². The summed E-state index contributed by atoms with van der Waals surface area (Å²) in [4.78, 5) is 2.52. The molecule has 0 saturated carbocycles. The standard InChI is InChI=1S/C26H26F2N2/c1-16-5-8-22(24(28)11-16)21-9-6-17(12-23(21)18-3-2-4-19(27)13-18)15-30-20-7-10-26(30)25(29)14-20/h2-6,8-9,11-13,20,25-26H,7,10,14-15,29H2,1H3/t20-,25+,26+/m1/s1. The third kappa shape index (κ3) is 3.44. The first kappa shape index (κ1) is 19.4. The zero-order chi connectivity index (χ0) is 20.8. The molecule has 5 rings (SSSR count). The fraction of sp³-hybridized carbons (Fsp3) is 0.308. The maximum atomic E-state index is 14.8. The second-order valence-corrected chi connectivity index (χ2v) is 8.74. The van der Waals surface area contributed by atoms with E-state index in [1.165, 1.54) is 18.6 Å². The lowest BCUT2D eigenvalue weighted by molar-refractivity contribution is 0.239. The number of halogens is 2. The Labute approximate surface area is 176 Å². The van der Waals surface area contributed by atoms with Gasteiger partial charge < -0.3 is 5.73 Å². The van der Waals surface area contributed by atoms with Gasteiger partial charge in [0.15, 0.2) is 0 Å². The van der Waals surface area contributed by atoms with Crippen LogP contribution in [-0.2, 0) is 6.54 Å². The van der Waals surface area contributed by atoms with Crippen LogP contribution in [-0.4, -0.2) is 23.0 Å². The highest BCUT2D eigenvalue weighted by atomic mass is 19.1. The van der Waals surface area contributed by atoms with Crippen LogP contribution in [0.3, 0.4) is 0 Å². The summed E-state index contributed by atoms with van der Waals surface area (Å²) in [5, 5.41) is 0. The number of benzene rings is 3. The highest BCUT2D eigenvalue weighted by Gasteiger charge is 2.44. The van der Waals surface area contributed by atoms with Crippen LogP contribution in [0.4, 0.5) is 8.78 Å². The molecule has 0 unspecified atom stereocenters. The maximum absolute atomic E-state index is 14.8. The molecule has 2 N–H and O–H groups in total. The first-order chi connectivity index (χ1) is 14.5. The molecule has 2 heterocycles. The minimum Gasteiger partial charge on any atom is -0.326 e. The van der Waals surface area contributed by atoms with Crippen molar-refractivity contribution in [1.82, 2.24) is 4.90 Å². The molecule has 2 nitrogen and oxygen atoms in total. The number of hydrogen-bond donors (Lipinski definition) is 1. The highest BCUT2D eigenvalue weighted by Crippen LogP contribution is 2.39. The molecule has 2 bridgehead atoms. The fourth-order valence-electron chi connectivity index (χ4n) is 5.27. The summed E-state index contributed by atoms with van der Waals surface area (Å²) in [6.45, 7) is 2.69. The van der Waals surface area contributed by atoms with Gasteiger partial charge in [0, 0.05) is 30.2 Å². The van der Waals surface area contributed by atoms with Crippen molar-refractivity contribution in [1.29, 1.82) is 0 Å². The largest absolute Gasteiger partial charge is 0.326 e. The lowest BCUT2D eigenvalue weighted by Crippen LogP contribution is -2.36. The van der Waals surface area contributed by atoms with Gasteiger partial charge in [0.05, 0.1) is 0 Å². The molecule has 3 aromatic carbocycles. The van der Waals surface area contributed by atoms with Crippen LogP contribution in [0.25, 0.3) is 22.3 Å².